The summed E-state index contributed by atoms with van der Waals surface area (Å²) in [5, 5.41) is -3.04. The summed E-state index contributed by atoms with van der Waals surface area (Å²) >= 11 is 0. The molecule has 0 atom stereocenters. The third-order valence-corrected chi connectivity index (χ3v) is 2.13. The van der Waals surface area contributed by atoms with E-state index in [0.29, 0.717) is 13.8 Å². The highest BCUT2D eigenvalue weighted by atomic mass is 19.4. The van der Waals surface area contributed by atoms with E-state index in [9.17, 15) is 35.9 Å². The van der Waals surface area contributed by atoms with E-state index in [1.807, 2.05) is 0 Å². The number of hydrogen-bond acceptors (Lipinski definition) is 2. The summed E-state index contributed by atoms with van der Waals surface area (Å²) in [5.74, 6) is -3.93. The van der Waals surface area contributed by atoms with Crippen LogP contribution >= 0.6 is 0 Å². The largest absolute Gasteiger partial charge is 0.506 e. The SMILES string of the molecule is CC1(C)C(=O)N(C(F)(F)F)N(C(F)(F)F)C1=O. The maximum atomic E-state index is 12.3. The van der Waals surface area contributed by atoms with Gasteiger partial charge < -0.3 is 0 Å². The van der Waals surface area contributed by atoms with Crippen LogP contribution in [0.2, 0.25) is 0 Å². The van der Waals surface area contributed by atoms with Gasteiger partial charge in [0.05, 0.1) is 0 Å². The van der Waals surface area contributed by atoms with Gasteiger partial charge in [-0.05, 0) is 13.8 Å². The van der Waals surface area contributed by atoms with Crippen LogP contribution < -0.4 is 0 Å². The maximum Gasteiger partial charge on any atom is 0.506 e. The molecule has 0 spiro atoms. The lowest BCUT2D eigenvalue weighted by atomic mass is 9.93. The number of alkyl halides is 6. The molecule has 98 valence electrons. The van der Waals surface area contributed by atoms with Crippen molar-refractivity contribution in [3.8, 4) is 0 Å². The van der Waals surface area contributed by atoms with Crippen molar-refractivity contribution in [1.29, 1.82) is 0 Å². The molecule has 0 aromatic heterocycles. The van der Waals surface area contributed by atoms with Crippen LogP contribution in [-0.2, 0) is 9.59 Å². The Hall–Kier alpha value is -1.48. The monoisotopic (exact) mass is 264 g/mol. The molecule has 1 saturated heterocycles. The van der Waals surface area contributed by atoms with Gasteiger partial charge in [-0.2, -0.15) is 0 Å². The van der Waals surface area contributed by atoms with Crippen LogP contribution in [0.15, 0.2) is 0 Å². The molecule has 1 rings (SSSR count). The van der Waals surface area contributed by atoms with Crippen molar-refractivity contribution in [2.45, 2.75) is 26.4 Å². The van der Waals surface area contributed by atoms with Crippen molar-refractivity contribution in [1.82, 2.24) is 10.0 Å². The van der Waals surface area contributed by atoms with Crippen LogP contribution in [-0.4, -0.2) is 34.4 Å². The molecule has 17 heavy (non-hydrogen) atoms. The zero-order valence-electron chi connectivity index (χ0n) is 8.48. The Labute approximate surface area is 90.7 Å². The van der Waals surface area contributed by atoms with Gasteiger partial charge in [0.2, 0.25) is 0 Å². The van der Waals surface area contributed by atoms with Crippen molar-refractivity contribution in [2.24, 2.45) is 5.41 Å². The van der Waals surface area contributed by atoms with E-state index in [2.05, 4.69) is 0 Å². The fourth-order valence-electron chi connectivity index (χ4n) is 1.26. The van der Waals surface area contributed by atoms with Gasteiger partial charge in [0.15, 0.2) is 0 Å². The third kappa shape index (κ3) is 1.91. The zero-order chi connectivity index (χ0) is 13.8. The highest BCUT2D eigenvalue weighted by molar-refractivity contribution is 6.09. The van der Waals surface area contributed by atoms with Crippen molar-refractivity contribution < 1.29 is 35.9 Å². The normalized spacial score (nSPS) is 21.4. The van der Waals surface area contributed by atoms with E-state index in [1.165, 1.54) is 0 Å². The van der Waals surface area contributed by atoms with Gasteiger partial charge in [-0.1, -0.05) is 0 Å². The Bertz CT molecular complexity index is 338. The molecule has 10 heteroatoms. The van der Waals surface area contributed by atoms with Gasteiger partial charge in [0.1, 0.15) is 5.41 Å². The zero-order valence-corrected chi connectivity index (χ0v) is 8.48. The molecular formula is C7H6F6N2O2. The second kappa shape index (κ2) is 3.26. The molecule has 0 radical (unpaired) electrons. The Morgan fingerprint density at radius 1 is 0.824 bits per heavy atom. The number of carbonyl (C=O) groups is 2. The highest BCUT2D eigenvalue weighted by Crippen LogP contribution is 2.43. The van der Waals surface area contributed by atoms with E-state index in [4.69, 9.17) is 0 Å². The van der Waals surface area contributed by atoms with Crippen LogP contribution in [0.4, 0.5) is 26.3 Å². The number of rotatable bonds is 0. The van der Waals surface area contributed by atoms with Crippen LogP contribution in [0, 0.1) is 5.41 Å². The smallest absolute Gasteiger partial charge is 0.271 e. The predicted octanol–water partition coefficient (Wildman–Crippen LogP) is 1.64. The minimum atomic E-state index is -5.62. The van der Waals surface area contributed by atoms with Crippen molar-refractivity contribution >= 4 is 11.8 Å². The second-order valence-corrected chi connectivity index (χ2v) is 3.79. The number of hydrazine groups is 1. The Morgan fingerprint density at radius 2 is 1.06 bits per heavy atom. The van der Waals surface area contributed by atoms with Crippen molar-refractivity contribution in [3.05, 3.63) is 0 Å². The van der Waals surface area contributed by atoms with Crippen molar-refractivity contribution in [2.75, 3.05) is 0 Å². The molecule has 0 aromatic rings. The van der Waals surface area contributed by atoms with Gasteiger partial charge in [0.25, 0.3) is 11.8 Å². The lowest BCUT2D eigenvalue weighted by molar-refractivity contribution is -0.361. The molecule has 2 amide bonds. The molecule has 4 nitrogen and oxygen atoms in total. The number of nitrogens with zero attached hydrogens (tertiary/aromatic N) is 2. The number of halogens is 6. The summed E-state index contributed by atoms with van der Waals surface area (Å²) in [6.45, 7) is 1.39. The average Bonchev–Trinajstić information content (AvgIpc) is 2.23. The molecule has 1 aliphatic rings. The first-order chi connectivity index (χ1) is 7.31. The molecule has 1 fully saturated rings. The van der Waals surface area contributed by atoms with Gasteiger partial charge in [-0.15, -0.1) is 36.4 Å². The average molecular weight is 264 g/mol. The lowest BCUT2D eigenvalue weighted by Crippen LogP contribution is -2.55. The third-order valence-electron chi connectivity index (χ3n) is 2.13. The summed E-state index contributed by atoms with van der Waals surface area (Å²) in [6.07, 6.45) is -11.2. The van der Waals surface area contributed by atoms with E-state index >= 15 is 0 Å². The first-order valence-corrected chi connectivity index (χ1v) is 4.14. The highest BCUT2D eigenvalue weighted by Gasteiger charge is 2.67. The fraction of sp³-hybridized carbons (Fsp3) is 0.714. The molecule has 0 bridgehead atoms. The summed E-state index contributed by atoms with van der Waals surface area (Å²) in [6, 6.07) is 0. The van der Waals surface area contributed by atoms with Crippen LogP contribution in [0.5, 0.6) is 0 Å². The van der Waals surface area contributed by atoms with E-state index in [1.54, 1.807) is 0 Å². The standard InChI is InChI=1S/C7H6F6N2O2/c1-5(2)3(16)14(6(8,9)10)15(4(5)17)7(11,12)13/h1-2H3. The van der Waals surface area contributed by atoms with Crippen LogP contribution in [0.3, 0.4) is 0 Å². The molecule has 0 N–H and O–H groups in total. The lowest BCUT2D eigenvalue weighted by Gasteiger charge is -2.29. The van der Waals surface area contributed by atoms with Gasteiger partial charge >= 0.3 is 12.6 Å². The van der Waals surface area contributed by atoms with Gasteiger partial charge in [0, 0.05) is 0 Å². The molecule has 0 aromatic carbocycles. The number of carbonyl (C=O) groups excluding carboxylic acids is 2. The Balaban J connectivity index is 3.36. The molecule has 1 aliphatic heterocycles. The second-order valence-electron chi connectivity index (χ2n) is 3.79. The first-order valence-electron chi connectivity index (χ1n) is 4.14. The topological polar surface area (TPSA) is 40.6 Å². The summed E-state index contributed by atoms with van der Waals surface area (Å²) in [7, 11) is 0. The minimum Gasteiger partial charge on any atom is -0.271 e. The molecular weight excluding hydrogens is 258 g/mol. The Morgan fingerprint density at radius 3 is 1.24 bits per heavy atom. The quantitative estimate of drug-likeness (QED) is 0.379. The Kier molecular flexibility index (Phi) is 2.61. The van der Waals surface area contributed by atoms with Crippen molar-refractivity contribution in [3.63, 3.8) is 0 Å². The van der Waals surface area contributed by atoms with E-state index in [0.717, 1.165) is 0 Å². The summed E-state index contributed by atoms with van der Waals surface area (Å²) in [4.78, 5) is 22.4. The molecule has 0 saturated carbocycles. The first kappa shape index (κ1) is 13.6. The van der Waals surface area contributed by atoms with E-state index in [-0.39, 0.29) is 0 Å². The molecule has 1 heterocycles. The van der Waals surface area contributed by atoms with Crippen LogP contribution in [0.25, 0.3) is 0 Å². The molecule has 0 unspecified atom stereocenters. The predicted molar refractivity (Wildman–Crippen MR) is 39.6 cm³/mol. The molecule has 0 aliphatic carbocycles. The van der Waals surface area contributed by atoms with E-state index < -0.39 is 39.8 Å². The number of hydrogen-bond donors (Lipinski definition) is 0. The maximum absolute atomic E-state index is 12.3. The van der Waals surface area contributed by atoms with Gasteiger partial charge in [-0.25, -0.2) is 0 Å². The fourth-order valence-corrected chi connectivity index (χ4v) is 1.26. The van der Waals surface area contributed by atoms with Gasteiger partial charge in [-0.3, -0.25) is 9.59 Å². The summed E-state index contributed by atoms with van der Waals surface area (Å²) in [5.41, 5.74) is -2.40. The minimum absolute atomic E-state index is 0.697. The summed E-state index contributed by atoms with van der Waals surface area (Å²) < 4.78 is 73.9. The van der Waals surface area contributed by atoms with Crippen LogP contribution in [0.1, 0.15) is 13.8 Å². The number of amides is 2.